The summed E-state index contributed by atoms with van der Waals surface area (Å²) in [5.41, 5.74) is 4.60. The number of para-hydroxylation sites is 1. The first-order valence-corrected chi connectivity index (χ1v) is 10.4. The fraction of sp³-hybridized carbons (Fsp3) is 0.391. The van der Waals surface area contributed by atoms with Gasteiger partial charge >= 0.3 is 0 Å². The maximum atomic E-state index is 13.0. The van der Waals surface area contributed by atoms with Crippen LogP contribution < -0.4 is 16.2 Å². The SMILES string of the molecule is Cc1[nH]c2ccccc2c1CCNC(=O)c1ccc2n(c1=O)C[C@@H]1CNC[C@H]2C1. The van der Waals surface area contributed by atoms with Gasteiger partial charge in [0, 0.05) is 47.8 Å². The van der Waals surface area contributed by atoms with E-state index in [1.54, 1.807) is 6.07 Å². The van der Waals surface area contributed by atoms with Crippen LogP contribution in [0.4, 0.5) is 0 Å². The molecule has 1 fully saturated rings. The van der Waals surface area contributed by atoms with E-state index in [1.807, 2.05) is 22.8 Å². The number of carbonyl (C=O) groups is 1. The Bertz CT molecular complexity index is 1140. The second-order valence-electron chi connectivity index (χ2n) is 8.32. The van der Waals surface area contributed by atoms with Gasteiger partial charge in [0.1, 0.15) is 5.56 Å². The molecule has 5 rings (SSSR count). The van der Waals surface area contributed by atoms with E-state index in [2.05, 4.69) is 34.7 Å². The molecule has 6 nitrogen and oxygen atoms in total. The maximum Gasteiger partial charge on any atom is 0.263 e. The molecule has 6 heteroatoms. The van der Waals surface area contributed by atoms with Crippen molar-refractivity contribution in [1.82, 2.24) is 20.2 Å². The summed E-state index contributed by atoms with van der Waals surface area (Å²) in [5.74, 6) is 0.566. The Labute approximate surface area is 169 Å². The Hall–Kier alpha value is -2.86. The van der Waals surface area contributed by atoms with Crippen LogP contribution >= 0.6 is 0 Å². The van der Waals surface area contributed by atoms with Gasteiger partial charge < -0.3 is 20.2 Å². The number of aromatic amines is 1. The van der Waals surface area contributed by atoms with Gasteiger partial charge in [-0.05, 0) is 56.0 Å². The first kappa shape index (κ1) is 18.2. The van der Waals surface area contributed by atoms with E-state index in [1.165, 1.54) is 10.9 Å². The molecule has 2 atom stereocenters. The third-order valence-electron chi connectivity index (χ3n) is 6.44. The minimum atomic E-state index is -0.281. The molecule has 1 amide bonds. The summed E-state index contributed by atoms with van der Waals surface area (Å²) in [6.07, 6.45) is 1.85. The third-order valence-corrected chi connectivity index (χ3v) is 6.44. The average Bonchev–Trinajstić information content (AvgIpc) is 3.04. The number of benzene rings is 1. The lowest BCUT2D eigenvalue weighted by Gasteiger charge is -2.37. The summed E-state index contributed by atoms with van der Waals surface area (Å²) >= 11 is 0. The van der Waals surface area contributed by atoms with Gasteiger partial charge in [-0.3, -0.25) is 9.59 Å². The third kappa shape index (κ3) is 3.17. The second kappa shape index (κ2) is 7.19. The fourth-order valence-corrected chi connectivity index (χ4v) is 5.02. The lowest BCUT2D eigenvalue weighted by atomic mass is 9.84. The van der Waals surface area contributed by atoms with Crippen LogP contribution in [0.25, 0.3) is 10.9 Å². The molecular formula is C23H26N4O2. The molecule has 1 aromatic carbocycles. The number of aromatic nitrogens is 2. The molecule has 0 aliphatic carbocycles. The van der Waals surface area contributed by atoms with Crippen LogP contribution in [-0.2, 0) is 13.0 Å². The number of H-pyrrole nitrogens is 1. The number of hydrogen-bond acceptors (Lipinski definition) is 3. The normalized spacial score (nSPS) is 20.4. The van der Waals surface area contributed by atoms with Crippen LogP contribution in [0.2, 0.25) is 0 Å². The van der Waals surface area contributed by atoms with Gasteiger partial charge in [-0.1, -0.05) is 18.2 Å². The van der Waals surface area contributed by atoms with Gasteiger partial charge in [0.05, 0.1) is 0 Å². The standard InChI is InChI=1S/C23H26N4O2/c1-14-17(18-4-2-3-5-20(18)26-14)8-9-25-22(28)19-6-7-21-16-10-15(11-24-12-16)13-27(21)23(19)29/h2-7,15-16,24,26H,8-13H2,1H3,(H,25,28)/t15-,16+/m0/s1. The maximum absolute atomic E-state index is 13.0. The molecule has 2 bridgehead atoms. The van der Waals surface area contributed by atoms with E-state index in [0.29, 0.717) is 24.9 Å². The molecule has 2 aliphatic heterocycles. The van der Waals surface area contributed by atoms with Gasteiger partial charge in [-0.25, -0.2) is 0 Å². The molecule has 4 heterocycles. The van der Waals surface area contributed by atoms with Crippen molar-refractivity contribution in [3.63, 3.8) is 0 Å². The quantitative estimate of drug-likeness (QED) is 0.640. The first-order valence-electron chi connectivity index (χ1n) is 10.4. The summed E-state index contributed by atoms with van der Waals surface area (Å²) in [6, 6.07) is 11.9. The van der Waals surface area contributed by atoms with Gasteiger partial charge in [-0.15, -0.1) is 0 Å². The molecule has 29 heavy (non-hydrogen) atoms. The summed E-state index contributed by atoms with van der Waals surface area (Å²) in [5, 5.41) is 7.58. The number of pyridine rings is 1. The molecule has 1 saturated heterocycles. The Kier molecular flexibility index (Phi) is 4.51. The lowest BCUT2D eigenvalue weighted by molar-refractivity contribution is 0.0951. The molecule has 2 aromatic heterocycles. The van der Waals surface area contributed by atoms with Crippen LogP contribution in [0, 0.1) is 12.8 Å². The van der Waals surface area contributed by atoms with Crippen LogP contribution in [0.3, 0.4) is 0 Å². The number of aryl methyl sites for hydroxylation is 1. The van der Waals surface area contributed by atoms with Crippen molar-refractivity contribution < 1.29 is 4.79 Å². The van der Waals surface area contributed by atoms with Crippen molar-refractivity contribution in [2.24, 2.45) is 5.92 Å². The fourth-order valence-electron chi connectivity index (χ4n) is 5.02. The minimum absolute atomic E-state index is 0.153. The van der Waals surface area contributed by atoms with E-state index < -0.39 is 0 Å². The number of rotatable bonds is 4. The van der Waals surface area contributed by atoms with Crippen molar-refractivity contribution in [2.45, 2.75) is 32.2 Å². The number of nitrogens with zero attached hydrogens (tertiary/aromatic N) is 1. The van der Waals surface area contributed by atoms with Gasteiger partial charge in [0.2, 0.25) is 0 Å². The molecule has 150 valence electrons. The highest BCUT2D eigenvalue weighted by molar-refractivity contribution is 5.94. The van der Waals surface area contributed by atoms with Crippen LogP contribution in [0.15, 0.2) is 41.2 Å². The number of carbonyl (C=O) groups excluding carboxylic acids is 1. The van der Waals surface area contributed by atoms with Gasteiger partial charge in [0.25, 0.3) is 11.5 Å². The zero-order valence-electron chi connectivity index (χ0n) is 16.6. The van der Waals surface area contributed by atoms with E-state index in [0.717, 1.165) is 42.8 Å². The molecule has 0 radical (unpaired) electrons. The van der Waals surface area contributed by atoms with Crippen molar-refractivity contribution >= 4 is 16.8 Å². The summed E-state index contributed by atoms with van der Waals surface area (Å²) in [4.78, 5) is 29.1. The molecule has 0 unspecified atom stereocenters. The Morgan fingerprint density at radius 3 is 2.97 bits per heavy atom. The average molecular weight is 390 g/mol. The zero-order chi connectivity index (χ0) is 20.0. The van der Waals surface area contributed by atoms with E-state index in [-0.39, 0.29) is 17.0 Å². The van der Waals surface area contributed by atoms with Crippen LogP contribution in [0.1, 0.15) is 39.6 Å². The highest BCUT2D eigenvalue weighted by atomic mass is 16.2. The minimum Gasteiger partial charge on any atom is -0.358 e. The van der Waals surface area contributed by atoms with E-state index in [9.17, 15) is 9.59 Å². The molecule has 3 N–H and O–H groups in total. The summed E-state index contributed by atoms with van der Waals surface area (Å²) in [6.45, 7) is 5.11. The highest BCUT2D eigenvalue weighted by Gasteiger charge is 2.31. The summed E-state index contributed by atoms with van der Waals surface area (Å²) < 4.78 is 1.83. The number of amides is 1. The zero-order valence-corrected chi connectivity index (χ0v) is 16.6. The summed E-state index contributed by atoms with van der Waals surface area (Å²) in [7, 11) is 0. The number of nitrogens with one attached hydrogen (secondary N) is 3. The Balaban J connectivity index is 1.32. The molecule has 2 aliphatic rings. The predicted octanol–water partition coefficient (Wildman–Crippen LogP) is 2.32. The molecule has 0 saturated carbocycles. The van der Waals surface area contributed by atoms with Crippen molar-refractivity contribution in [1.29, 1.82) is 0 Å². The smallest absolute Gasteiger partial charge is 0.263 e. The molecule has 0 spiro atoms. The molecular weight excluding hydrogens is 364 g/mol. The van der Waals surface area contributed by atoms with Crippen LogP contribution in [-0.4, -0.2) is 35.1 Å². The number of piperidine rings is 1. The predicted molar refractivity (Wildman–Crippen MR) is 113 cm³/mol. The first-order chi connectivity index (χ1) is 14.1. The number of fused-ring (bicyclic) bond motifs is 5. The second-order valence-corrected chi connectivity index (χ2v) is 8.32. The molecule has 3 aromatic rings. The number of hydrogen-bond donors (Lipinski definition) is 3. The van der Waals surface area contributed by atoms with E-state index in [4.69, 9.17) is 0 Å². The van der Waals surface area contributed by atoms with Crippen LogP contribution in [0.5, 0.6) is 0 Å². The van der Waals surface area contributed by atoms with Gasteiger partial charge in [-0.2, -0.15) is 0 Å². The largest absolute Gasteiger partial charge is 0.358 e. The van der Waals surface area contributed by atoms with Crippen molar-refractivity contribution in [3.8, 4) is 0 Å². The topological polar surface area (TPSA) is 78.9 Å². The Morgan fingerprint density at radius 1 is 1.21 bits per heavy atom. The van der Waals surface area contributed by atoms with Crippen molar-refractivity contribution in [3.05, 3.63) is 69.3 Å². The van der Waals surface area contributed by atoms with Gasteiger partial charge in [0.15, 0.2) is 0 Å². The highest BCUT2D eigenvalue weighted by Crippen LogP contribution is 2.31. The lowest BCUT2D eigenvalue weighted by Crippen LogP contribution is -2.46. The Morgan fingerprint density at radius 2 is 2.07 bits per heavy atom. The van der Waals surface area contributed by atoms with Crippen molar-refractivity contribution in [2.75, 3.05) is 19.6 Å². The van der Waals surface area contributed by atoms with E-state index >= 15 is 0 Å². The monoisotopic (exact) mass is 390 g/mol.